The fourth-order valence-electron chi connectivity index (χ4n) is 3.45. The number of benzene rings is 3. The van der Waals surface area contributed by atoms with Crippen molar-refractivity contribution in [1.29, 1.82) is 0 Å². The van der Waals surface area contributed by atoms with Crippen LogP contribution in [0.3, 0.4) is 0 Å². The first-order chi connectivity index (χ1) is 15.6. The molecule has 0 spiro atoms. The van der Waals surface area contributed by atoms with E-state index < -0.39 is 5.97 Å². The van der Waals surface area contributed by atoms with Gasteiger partial charge in [0.15, 0.2) is 0 Å². The zero-order valence-electron chi connectivity index (χ0n) is 17.9. The van der Waals surface area contributed by atoms with Gasteiger partial charge >= 0.3 is 5.97 Å². The van der Waals surface area contributed by atoms with Crippen molar-refractivity contribution in [3.05, 3.63) is 88.3 Å². The van der Waals surface area contributed by atoms with Gasteiger partial charge in [-0.3, -0.25) is 4.99 Å². The van der Waals surface area contributed by atoms with Crippen molar-refractivity contribution in [3.63, 3.8) is 0 Å². The Labute approximate surface area is 196 Å². The first-order valence-corrected chi connectivity index (χ1v) is 11.7. The molecule has 1 aromatic heterocycles. The quantitative estimate of drug-likeness (QED) is 0.163. The highest BCUT2D eigenvalue weighted by Crippen LogP contribution is 2.36. The molecular formula is C26H23ClN2O2S. The molecule has 4 aromatic rings. The maximum atomic E-state index is 12.8. The molecule has 0 atom stereocenters. The van der Waals surface area contributed by atoms with Gasteiger partial charge < -0.3 is 9.64 Å². The van der Waals surface area contributed by atoms with Crippen LogP contribution in [0, 0.1) is 0 Å². The van der Waals surface area contributed by atoms with Crippen molar-refractivity contribution in [2.45, 2.75) is 13.8 Å². The lowest BCUT2D eigenvalue weighted by molar-refractivity contribution is 0.0740. The number of nitrogens with zero attached hydrogens (tertiary/aromatic N) is 2. The van der Waals surface area contributed by atoms with E-state index in [0.29, 0.717) is 21.2 Å². The Hall–Kier alpha value is -3.15. The first kappa shape index (κ1) is 22.1. The molecule has 1 heterocycles. The molecule has 32 heavy (non-hydrogen) atoms. The first-order valence-electron chi connectivity index (χ1n) is 10.5. The van der Waals surface area contributed by atoms with E-state index in [-0.39, 0.29) is 0 Å². The number of fused-ring (bicyclic) bond motifs is 1. The molecular weight excluding hydrogens is 440 g/mol. The number of ether oxygens (including phenoxy) is 1. The summed E-state index contributed by atoms with van der Waals surface area (Å²) >= 11 is 7.77. The van der Waals surface area contributed by atoms with E-state index in [1.165, 1.54) is 17.0 Å². The van der Waals surface area contributed by atoms with E-state index in [2.05, 4.69) is 35.9 Å². The monoisotopic (exact) mass is 462 g/mol. The van der Waals surface area contributed by atoms with Crippen LogP contribution in [0.2, 0.25) is 5.02 Å². The second kappa shape index (κ2) is 9.98. The Morgan fingerprint density at radius 2 is 1.69 bits per heavy atom. The summed E-state index contributed by atoms with van der Waals surface area (Å²) in [5, 5.41) is 1.28. The molecule has 0 aliphatic heterocycles. The maximum absolute atomic E-state index is 12.8. The van der Waals surface area contributed by atoms with E-state index in [1.54, 1.807) is 12.3 Å². The molecule has 0 saturated carbocycles. The molecule has 0 fully saturated rings. The van der Waals surface area contributed by atoms with Gasteiger partial charge in [-0.2, -0.15) is 0 Å². The molecule has 6 heteroatoms. The summed E-state index contributed by atoms with van der Waals surface area (Å²) < 4.78 is 6.65. The molecule has 0 radical (unpaired) electrons. The molecule has 3 aromatic carbocycles. The second-order valence-electron chi connectivity index (χ2n) is 7.12. The standard InChI is InChI=1S/C26H23ClN2O2S/c1-3-29(4-2)20-15-13-19(14-16-20)28-17-18-9-5-7-11-22(18)31-26(30)25-24(27)21-10-6-8-12-23(21)32-25/h5-17H,3-4H2,1-2H3. The summed E-state index contributed by atoms with van der Waals surface area (Å²) in [6, 6.07) is 23.1. The number of aliphatic imine (C=N–C) groups is 1. The highest BCUT2D eigenvalue weighted by molar-refractivity contribution is 7.21. The molecule has 0 saturated heterocycles. The van der Waals surface area contributed by atoms with Gasteiger partial charge in [-0.05, 0) is 56.3 Å². The van der Waals surface area contributed by atoms with Gasteiger partial charge in [0.05, 0.1) is 10.7 Å². The normalized spacial score (nSPS) is 11.2. The van der Waals surface area contributed by atoms with Gasteiger partial charge in [0.2, 0.25) is 0 Å². The number of hydrogen-bond acceptors (Lipinski definition) is 5. The zero-order chi connectivity index (χ0) is 22.5. The van der Waals surface area contributed by atoms with Crippen molar-refractivity contribution in [2.75, 3.05) is 18.0 Å². The smallest absolute Gasteiger partial charge is 0.355 e. The van der Waals surface area contributed by atoms with Gasteiger partial charge in [-0.1, -0.05) is 41.9 Å². The third-order valence-corrected chi connectivity index (χ3v) is 6.83. The van der Waals surface area contributed by atoms with E-state index in [1.807, 2.05) is 54.6 Å². The van der Waals surface area contributed by atoms with Crippen LogP contribution in [-0.2, 0) is 0 Å². The Balaban J connectivity index is 1.54. The average Bonchev–Trinajstić information content (AvgIpc) is 3.17. The highest BCUT2D eigenvalue weighted by Gasteiger charge is 2.19. The lowest BCUT2D eigenvalue weighted by atomic mass is 10.2. The third-order valence-electron chi connectivity index (χ3n) is 5.17. The summed E-state index contributed by atoms with van der Waals surface area (Å²) in [4.78, 5) is 20.1. The minimum atomic E-state index is -0.472. The Morgan fingerprint density at radius 1 is 1.00 bits per heavy atom. The Morgan fingerprint density at radius 3 is 2.41 bits per heavy atom. The third kappa shape index (κ3) is 4.69. The van der Waals surface area contributed by atoms with Crippen LogP contribution in [0.5, 0.6) is 5.75 Å². The molecule has 0 amide bonds. The number of esters is 1. The number of anilines is 1. The number of para-hydroxylation sites is 1. The van der Waals surface area contributed by atoms with E-state index in [9.17, 15) is 4.79 Å². The van der Waals surface area contributed by atoms with E-state index in [0.717, 1.165) is 28.9 Å². The maximum Gasteiger partial charge on any atom is 0.355 e. The van der Waals surface area contributed by atoms with Crippen LogP contribution in [0.25, 0.3) is 10.1 Å². The molecule has 0 unspecified atom stereocenters. The van der Waals surface area contributed by atoms with E-state index >= 15 is 0 Å². The fourth-order valence-corrected chi connectivity index (χ4v) is 4.84. The van der Waals surface area contributed by atoms with Gasteiger partial charge in [-0.25, -0.2) is 4.79 Å². The molecule has 4 rings (SSSR count). The Kier molecular flexibility index (Phi) is 6.88. The lowest BCUT2D eigenvalue weighted by Crippen LogP contribution is -2.21. The van der Waals surface area contributed by atoms with Crippen LogP contribution in [0.15, 0.2) is 77.8 Å². The molecule has 4 nitrogen and oxygen atoms in total. The van der Waals surface area contributed by atoms with Crippen LogP contribution >= 0.6 is 22.9 Å². The predicted octanol–water partition coefficient (Wildman–Crippen LogP) is 7.37. The van der Waals surface area contributed by atoms with Crippen molar-refractivity contribution in [3.8, 4) is 5.75 Å². The van der Waals surface area contributed by atoms with E-state index in [4.69, 9.17) is 16.3 Å². The summed E-state index contributed by atoms with van der Waals surface area (Å²) in [7, 11) is 0. The SMILES string of the molecule is CCN(CC)c1ccc(N=Cc2ccccc2OC(=O)c2sc3ccccc3c2Cl)cc1. The minimum absolute atomic E-state index is 0.395. The van der Waals surface area contributed by atoms with Crippen molar-refractivity contribution < 1.29 is 9.53 Å². The van der Waals surface area contributed by atoms with Crippen LogP contribution < -0.4 is 9.64 Å². The summed E-state index contributed by atoms with van der Waals surface area (Å²) in [5.74, 6) is -0.0323. The zero-order valence-corrected chi connectivity index (χ0v) is 19.5. The molecule has 162 valence electrons. The molecule has 0 bridgehead atoms. The number of hydrogen-bond donors (Lipinski definition) is 0. The Bertz CT molecular complexity index is 1260. The van der Waals surface area contributed by atoms with Gasteiger partial charge in [0, 0.05) is 40.6 Å². The summed E-state index contributed by atoms with van der Waals surface area (Å²) in [6.45, 7) is 6.20. The van der Waals surface area contributed by atoms with Crippen molar-refractivity contribution in [1.82, 2.24) is 0 Å². The summed E-state index contributed by atoms with van der Waals surface area (Å²) in [6.07, 6.45) is 1.71. The van der Waals surface area contributed by atoms with Crippen molar-refractivity contribution in [2.24, 2.45) is 4.99 Å². The number of carbonyl (C=O) groups is 1. The predicted molar refractivity (Wildman–Crippen MR) is 135 cm³/mol. The van der Waals surface area contributed by atoms with Gasteiger partial charge in [-0.15, -0.1) is 11.3 Å². The molecule has 0 aliphatic carbocycles. The summed E-state index contributed by atoms with van der Waals surface area (Å²) in [5.41, 5.74) is 2.71. The molecule has 0 N–H and O–H groups in total. The lowest BCUT2D eigenvalue weighted by Gasteiger charge is -2.20. The highest BCUT2D eigenvalue weighted by atomic mass is 35.5. The second-order valence-corrected chi connectivity index (χ2v) is 8.55. The largest absolute Gasteiger partial charge is 0.422 e. The van der Waals surface area contributed by atoms with Crippen LogP contribution in [0.4, 0.5) is 11.4 Å². The van der Waals surface area contributed by atoms with Gasteiger partial charge in [0.25, 0.3) is 0 Å². The number of rotatable bonds is 7. The fraction of sp³-hybridized carbons (Fsp3) is 0.154. The molecule has 0 aliphatic rings. The van der Waals surface area contributed by atoms with Gasteiger partial charge in [0.1, 0.15) is 10.6 Å². The number of carbonyl (C=O) groups excluding carboxylic acids is 1. The number of thiophene rings is 1. The van der Waals surface area contributed by atoms with Crippen molar-refractivity contribution >= 4 is 56.6 Å². The van der Waals surface area contributed by atoms with Crippen LogP contribution in [-0.4, -0.2) is 25.3 Å². The average molecular weight is 463 g/mol. The minimum Gasteiger partial charge on any atom is -0.422 e. The van der Waals surface area contributed by atoms with Crippen LogP contribution in [0.1, 0.15) is 29.1 Å². The number of halogens is 1. The topological polar surface area (TPSA) is 41.9 Å².